The van der Waals surface area contributed by atoms with Crippen molar-refractivity contribution in [1.29, 1.82) is 0 Å². The fraction of sp³-hybridized carbons (Fsp3) is 0.0952. The van der Waals surface area contributed by atoms with Gasteiger partial charge < -0.3 is 10.3 Å². The van der Waals surface area contributed by atoms with Crippen LogP contribution in [0.3, 0.4) is 0 Å². The van der Waals surface area contributed by atoms with Crippen LogP contribution in [0.25, 0.3) is 32.9 Å². The zero-order valence-electron chi connectivity index (χ0n) is 15.9. The van der Waals surface area contributed by atoms with Crippen LogP contribution in [0, 0.1) is 0 Å². The molecule has 0 atom stereocenters. The second-order valence-electron chi connectivity index (χ2n) is 7.04. The molecule has 2 aromatic carbocycles. The highest BCUT2D eigenvalue weighted by Crippen LogP contribution is 2.34. The van der Waals surface area contributed by atoms with Crippen molar-refractivity contribution < 1.29 is 18.0 Å². The molecule has 3 N–H and O–H groups in total. The first kappa shape index (κ1) is 18.9. The third kappa shape index (κ3) is 3.52. The minimum Gasteiger partial charge on any atom is -0.361 e. The summed E-state index contributed by atoms with van der Waals surface area (Å²) in [5, 5.41) is 14.9. The van der Waals surface area contributed by atoms with Gasteiger partial charge in [0.15, 0.2) is 0 Å². The van der Waals surface area contributed by atoms with Crippen LogP contribution in [0.1, 0.15) is 10.5 Å². The van der Waals surface area contributed by atoms with Gasteiger partial charge in [-0.1, -0.05) is 12.1 Å². The number of rotatable bonds is 4. The van der Waals surface area contributed by atoms with Gasteiger partial charge in [0.25, 0.3) is 5.91 Å². The minimum atomic E-state index is -4.49. The van der Waals surface area contributed by atoms with Crippen LogP contribution in [0.5, 0.6) is 0 Å². The lowest BCUT2D eigenvalue weighted by Gasteiger charge is -2.12. The molecule has 0 spiro atoms. The first-order valence-corrected chi connectivity index (χ1v) is 9.32. The normalized spacial score (nSPS) is 12.0. The Bertz CT molecular complexity index is 1410. The van der Waals surface area contributed by atoms with Crippen molar-refractivity contribution in [3.8, 4) is 11.1 Å². The zero-order chi connectivity index (χ0) is 21.6. The number of hydrogen-bond acceptors (Lipinski definition) is 3. The fourth-order valence-electron chi connectivity index (χ4n) is 3.65. The van der Waals surface area contributed by atoms with E-state index in [0.717, 1.165) is 28.2 Å². The van der Waals surface area contributed by atoms with Crippen molar-refractivity contribution in [3.05, 3.63) is 66.7 Å². The number of hydrogen-bond donors (Lipinski definition) is 3. The summed E-state index contributed by atoms with van der Waals surface area (Å²) in [6, 6.07) is 12.7. The van der Waals surface area contributed by atoms with Crippen LogP contribution in [-0.4, -0.2) is 37.0 Å². The van der Waals surface area contributed by atoms with Gasteiger partial charge in [-0.15, -0.1) is 0 Å². The molecule has 1 amide bonds. The summed E-state index contributed by atoms with van der Waals surface area (Å²) >= 11 is 0. The molecule has 0 aliphatic carbocycles. The van der Waals surface area contributed by atoms with E-state index in [-0.39, 0.29) is 5.69 Å². The van der Waals surface area contributed by atoms with Gasteiger partial charge in [-0.25, -0.2) is 0 Å². The molecule has 156 valence electrons. The highest BCUT2D eigenvalue weighted by molar-refractivity contribution is 6.09. The summed E-state index contributed by atoms with van der Waals surface area (Å²) in [6.45, 7) is -1.35. The number of alkyl halides is 3. The summed E-state index contributed by atoms with van der Waals surface area (Å²) in [6.07, 6.45) is 0.0666. The van der Waals surface area contributed by atoms with Crippen LogP contribution in [0.15, 0.2) is 61.1 Å². The van der Waals surface area contributed by atoms with Gasteiger partial charge in [0.05, 0.1) is 17.4 Å². The number of fused-ring (bicyclic) bond motifs is 2. The van der Waals surface area contributed by atoms with Gasteiger partial charge in [0.1, 0.15) is 12.2 Å². The lowest BCUT2D eigenvalue weighted by molar-refractivity contribution is -0.142. The number of benzene rings is 2. The van der Waals surface area contributed by atoms with Crippen molar-refractivity contribution in [2.45, 2.75) is 12.7 Å². The Hall–Kier alpha value is -4.08. The van der Waals surface area contributed by atoms with E-state index in [0.29, 0.717) is 21.3 Å². The molecule has 0 radical (unpaired) electrons. The predicted octanol–water partition coefficient (Wildman–Crippen LogP) is 4.72. The Kier molecular flexibility index (Phi) is 4.28. The molecule has 31 heavy (non-hydrogen) atoms. The number of halogens is 3. The average Bonchev–Trinajstić information content (AvgIpc) is 3.46. The molecule has 0 fully saturated rings. The molecule has 0 aliphatic heterocycles. The molecular formula is C21H15F3N6O. The first-order valence-electron chi connectivity index (χ1n) is 9.32. The fourth-order valence-corrected chi connectivity index (χ4v) is 3.65. The average molecular weight is 424 g/mol. The number of aromatic amines is 2. The molecule has 3 heterocycles. The minimum absolute atomic E-state index is 0.188. The summed E-state index contributed by atoms with van der Waals surface area (Å²) < 4.78 is 39.0. The zero-order valence-corrected chi connectivity index (χ0v) is 15.9. The SMILES string of the molecule is O=C(Nc1cc(-c2cccc3[nH]ccc23)cc2[nH]ncc12)c1ccnn1CC(F)(F)F. The molecule has 0 saturated heterocycles. The monoisotopic (exact) mass is 424 g/mol. The van der Waals surface area contributed by atoms with E-state index < -0.39 is 18.6 Å². The quantitative estimate of drug-likeness (QED) is 0.390. The second-order valence-corrected chi connectivity index (χ2v) is 7.04. The Balaban J connectivity index is 1.55. The number of aromatic nitrogens is 5. The Morgan fingerprint density at radius 2 is 1.97 bits per heavy atom. The highest BCUT2D eigenvalue weighted by atomic mass is 19.4. The molecule has 5 rings (SSSR count). The number of carbonyl (C=O) groups excluding carboxylic acids is 1. The Labute approximate surface area is 172 Å². The lowest BCUT2D eigenvalue weighted by atomic mass is 9.99. The predicted molar refractivity (Wildman–Crippen MR) is 110 cm³/mol. The molecule has 0 aliphatic rings. The van der Waals surface area contributed by atoms with E-state index in [1.807, 2.05) is 36.5 Å². The van der Waals surface area contributed by atoms with E-state index in [1.165, 1.54) is 6.07 Å². The van der Waals surface area contributed by atoms with E-state index >= 15 is 0 Å². The molecular weight excluding hydrogens is 409 g/mol. The maximum absolute atomic E-state index is 12.8. The van der Waals surface area contributed by atoms with Crippen LogP contribution < -0.4 is 5.32 Å². The van der Waals surface area contributed by atoms with Gasteiger partial charge >= 0.3 is 6.18 Å². The van der Waals surface area contributed by atoms with Crippen LogP contribution in [0.2, 0.25) is 0 Å². The molecule has 10 heteroatoms. The maximum atomic E-state index is 12.8. The van der Waals surface area contributed by atoms with Gasteiger partial charge in [-0.2, -0.15) is 23.4 Å². The van der Waals surface area contributed by atoms with Crippen molar-refractivity contribution in [2.75, 3.05) is 5.32 Å². The summed E-state index contributed by atoms with van der Waals surface area (Å²) in [4.78, 5) is 16.0. The first-order chi connectivity index (χ1) is 14.9. The van der Waals surface area contributed by atoms with Crippen LogP contribution >= 0.6 is 0 Å². The standard InChI is InChI=1S/C21H15F3N6O/c22-21(23,24)11-30-19(5-7-27-30)20(31)28-17-8-12(9-18-15(17)10-26-29-18)13-2-1-3-16-14(13)4-6-25-16/h1-10,25H,11H2,(H,26,29)(H,28,31). The molecule has 0 unspecified atom stereocenters. The van der Waals surface area contributed by atoms with Crippen molar-refractivity contribution in [2.24, 2.45) is 0 Å². The summed E-state index contributed by atoms with van der Waals surface area (Å²) in [5.74, 6) is -0.693. The number of H-pyrrole nitrogens is 2. The Morgan fingerprint density at radius 3 is 2.81 bits per heavy atom. The van der Waals surface area contributed by atoms with Crippen LogP contribution in [-0.2, 0) is 6.54 Å². The smallest absolute Gasteiger partial charge is 0.361 e. The molecule has 7 nitrogen and oxygen atoms in total. The van der Waals surface area contributed by atoms with Crippen LogP contribution in [0.4, 0.5) is 18.9 Å². The number of anilines is 1. The van der Waals surface area contributed by atoms with Gasteiger partial charge in [-0.3, -0.25) is 14.6 Å². The van der Waals surface area contributed by atoms with Crippen molar-refractivity contribution >= 4 is 33.4 Å². The van der Waals surface area contributed by atoms with Gasteiger partial charge in [0, 0.05) is 28.7 Å². The van der Waals surface area contributed by atoms with Crippen molar-refractivity contribution in [1.82, 2.24) is 25.0 Å². The molecule has 0 bridgehead atoms. The molecule has 0 saturated carbocycles. The molecule has 3 aromatic heterocycles. The highest BCUT2D eigenvalue weighted by Gasteiger charge is 2.30. The topological polar surface area (TPSA) is 91.4 Å². The largest absolute Gasteiger partial charge is 0.408 e. The van der Waals surface area contributed by atoms with Crippen molar-refractivity contribution in [3.63, 3.8) is 0 Å². The number of nitrogens with zero attached hydrogens (tertiary/aromatic N) is 3. The third-order valence-electron chi connectivity index (χ3n) is 4.99. The number of amides is 1. The number of carbonyl (C=O) groups is 1. The van der Waals surface area contributed by atoms with Gasteiger partial charge in [0.2, 0.25) is 0 Å². The third-order valence-corrected chi connectivity index (χ3v) is 4.99. The van der Waals surface area contributed by atoms with E-state index in [4.69, 9.17) is 0 Å². The maximum Gasteiger partial charge on any atom is 0.408 e. The number of nitrogens with one attached hydrogen (secondary N) is 3. The van der Waals surface area contributed by atoms with Gasteiger partial charge in [-0.05, 0) is 41.5 Å². The van der Waals surface area contributed by atoms with E-state index in [1.54, 1.807) is 12.3 Å². The summed E-state index contributed by atoms with van der Waals surface area (Å²) in [5.41, 5.74) is 3.65. The molecule has 5 aromatic rings. The summed E-state index contributed by atoms with van der Waals surface area (Å²) in [7, 11) is 0. The van der Waals surface area contributed by atoms with E-state index in [9.17, 15) is 18.0 Å². The van der Waals surface area contributed by atoms with E-state index in [2.05, 4.69) is 25.6 Å². The lowest BCUT2D eigenvalue weighted by Crippen LogP contribution is -2.24. The second kappa shape index (κ2) is 7.01. The Morgan fingerprint density at radius 1 is 1.10 bits per heavy atom.